The number of imide groups is 1. The van der Waals surface area contributed by atoms with Crippen LogP contribution in [0.3, 0.4) is 0 Å². The van der Waals surface area contributed by atoms with Crippen molar-refractivity contribution in [1.82, 2.24) is 4.90 Å². The fourth-order valence-corrected chi connectivity index (χ4v) is 4.79. The maximum absolute atomic E-state index is 12.9. The number of halogens is 1. The number of rotatable bonds is 10. The number of hydrogen-bond acceptors (Lipinski definition) is 7. The third-order valence-corrected chi connectivity index (χ3v) is 7.18. The van der Waals surface area contributed by atoms with Crippen LogP contribution in [0.1, 0.15) is 23.6 Å². The summed E-state index contributed by atoms with van der Waals surface area (Å²) in [5.41, 5.74) is 3.95. The molecule has 0 bridgehead atoms. The van der Waals surface area contributed by atoms with E-state index in [0.717, 1.165) is 27.8 Å². The number of hydrogen-bond donors (Lipinski definition) is 2. The number of amides is 4. The zero-order chi connectivity index (χ0) is 29.5. The molecule has 0 aliphatic carbocycles. The molecular weight excluding hydrogens is 566 g/mol. The minimum Gasteiger partial charge on any atom is -0.490 e. The molecule has 0 atom stereocenters. The number of nitrogens with zero attached hydrogens (tertiary/aromatic N) is 1. The molecule has 0 radical (unpaired) electrons. The summed E-state index contributed by atoms with van der Waals surface area (Å²) in [5, 5.41) is 5.41. The molecule has 2 N–H and O–H groups in total. The monoisotopic (exact) mass is 593 g/mol. The van der Waals surface area contributed by atoms with Crippen molar-refractivity contribution in [1.29, 1.82) is 0 Å². The van der Waals surface area contributed by atoms with Gasteiger partial charge in [-0.1, -0.05) is 23.7 Å². The fraction of sp³-hybridized carbons (Fsp3) is 0.200. The molecule has 212 valence electrons. The van der Waals surface area contributed by atoms with Crippen LogP contribution >= 0.6 is 23.4 Å². The van der Waals surface area contributed by atoms with Gasteiger partial charge in [-0.05, 0) is 104 Å². The van der Waals surface area contributed by atoms with Gasteiger partial charge in [-0.15, -0.1) is 0 Å². The fourth-order valence-electron chi connectivity index (χ4n) is 3.83. The normalized spacial score (nSPS) is 13.9. The molecule has 11 heteroatoms. The Morgan fingerprint density at radius 1 is 0.878 bits per heavy atom. The molecule has 1 fully saturated rings. The molecular formula is C30H28ClN3O6S. The quantitative estimate of drug-likeness (QED) is 0.275. The van der Waals surface area contributed by atoms with Crippen molar-refractivity contribution in [3.05, 3.63) is 87.3 Å². The standard InChI is InChI=1S/C30H28ClN3O6S/c1-4-39-25-14-20(6-12-24(25)40-17-28(36)33-23-9-5-18(2)19(3)13-23)15-26-29(37)34(30(38)41-26)16-27(35)32-22-10-7-21(31)8-11-22/h5-15H,4,16-17H2,1-3H3,(H,32,35)(H,33,36)/b26-15+. The number of benzene rings is 3. The average molecular weight is 594 g/mol. The molecule has 0 unspecified atom stereocenters. The van der Waals surface area contributed by atoms with Crippen LogP contribution in [0.2, 0.25) is 5.02 Å². The first-order valence-electron chi connectivity index (χ1n) is 12.7. The lowest BCUT2D eigenvalue weighted by molar-refractivity contribution is -0.127. The third-order valence-electron chi connectivity index (χ3n) is 6.02. The number of ether oxygens (including phenoxy) is 2. The molecule has 9 nitrogen and oxygen atoms in total. The lowest BCUT2D eigenvalue weighted by atomic mass is 10.1. The Labute approximate surface area is 246 Å². The van der Waals surface area contributed by atoms with Crippen LogP contribution in [-0.2, 0) is 14.4 Å². The highest BCUT2D eigenvalue weighted by molar-refractivity contribution is 8.18. The number of carbonyl (C=O) groups excluding carboxylic acids is 4. The summed E-state index contributed by atoms with van der Waals surface area (Å²) in [5.74, 6) is -0.688. The summed E-state index contributed by atoms with van der Waals surface area (Å²) in [4.78, 5) is 51.3. The zero-order valence-electron chi connectivity index (χ0n) is 22.7. The van der Waals surface area contributed by atoms with Crippen molar-refractivity contribution in [2.75, 3.05) is 30.4 Å². The van der Waals surface area contributed by atoms with Crippen LogP contribution in [0, 0.1) is 13.8 Å². The van der Waals surface area contributed by atoms with E-state index in [2.05, 4.69) is 10.6 Å². The van der Waals surface area contributed by atoms with Gasteiger partial charge in [0.15, 0.2) is 18.1 Å². The van der Waals surface area contributed by atoms with Crippen molar-refractivity contribution in [3.63, 3.8) is 0 Å². The van der Waals surface area contributed by atoms with Crippen LogP contribution < -0.4 is 20.1 Å². The average Bonchev–Trinajstić information content (AvgIpc) is 3.19. The van der Waals surface area contributed by atoms with Crippen LogP contribution in [-0.4, -0.2) is 47.6 Å². The second-order valence-electron chi connectivity index (χ2n) is 9.10. The summed E-state index contributed by atoms with van der Waals surface area (Å²) in [6.45, 7) is 5.46. The van der Waals surface area contributed by atoms with Gasteiger partial charge in [0, 0.05) is 16.4 Å². The van der Waals surface area contributed by atoms with Gasteiger partial charge in [0.1, 0.15) is 6.54 Å². The minimum atomic E-state index is -0.576. The van der Waals surface area contributed by atoms with Crippen LogP contribution in [0.25, 0.3) is 6.08 Å². The van der Waals surface area contributed by atoms with E-state index >= 15 is 0 Å². The number of thioether (sulfide) groups is 1. The Hall–Kier alpha value is -4.28. The van der Waals surface area contributed by atoms with Gasteiger partial charge < -0.3 is 20.1 Å². The smallest absolute Gasteiger partial charge is 0.294 e. The Balaban J connectivity index is 1.40. The van der Waals surface area contributed by atoms with Crippen molar-refractivity contribution in [2.24, 2.45) is 0 Å². The minimum absolute atomic E-state index is 0.165. The second-order valence-corrected chi connectivity index (χ2v) is 10.5. The van der Waals surface area contributed by atoms with Crippen LogP contribution in [0.15, 0.2) is 65.6 Å². The number of aryl methyl sites for hydroxylation is 2. The largest absolute Gasteiger partial charge is 0.490 e. The molecule has 0 saturated carbocycles. The molecule has 4 rings (SSSR count). The van der Waals surface area contributed by atoms with Gasteiger partial charge in [0.2, 0.25) is 5.91 Å². The molecule has 3 aromatic rings. The highest BCUT2D eigenvalue weighted by Crippen LogP contribution is 2.34. The van der Waals surface area contributed by atoms with E-state index in [1.165, 1.54) is 0 Å². The van der Waals surface area contributed by atoms with Gasteiger partial charge >= 0.3 is 0 Å². The second kappa shape index (κ2) is 13.4. The van der Waals surface area contributed by atoms with E-state index in [9.17, 15) is 19.2 Å². The maximum Gasteiger partial charge on any atom is 0.294 e. The van der Waals surface area contributed by atoms with Gasteiger partial charge in [-0.3, -0.25) is 24.1 Å². The number of carbonyl (C=O) groups is 4. The highest BCUT2D eigenvalue weighted by atomic mass is 35.5. The van der Waals surface area contributed by atoms with E-state index < -0.39 is 23.6 Å². The van der Waals surface area contributed by atoms with E-state index in [4.69, 9.17) is 21.1 Å². The van der Waals surface area contributed by atoms with Crippen molar-refractivity contribution in [3.8, 4) is 11.5 Å². The van der Waals surface area contributed by atoms with E-state index in [-0.39, 0.29) is 17.4 Å². The van der Waals surface area contributed by atoms with Gasteiger partial charge in [-0.2, -0.15) is 0 Å². The highest BCUT2D eigenvalue weighted by Gasteiger charge is 2.36. The Morgan fingerprint density at radius 3 is 2.29 bits per heavy atom. The number of nitrogens with one attached hydrogen (secondary N) is 2. The van der Waals surface area contributed by atoms with Crippen molar-refractivity contribution >= 4 is 63.8 Å². The van der Waals surface area contributed by atoms with Crippen LogP contribution in [0.4, 0.5) is 16.2 Å². The molecule has 1 heterocycles. The van der Waals surface area contributed by atoms with Crippen molar-refractivity contribution < 1.29 is 28.7 Å². The van der Waals surface area contributed by atoms with Gasteiger partial charge in [0.25, 0.3) is 17.1 Å². The van der Waals surface area contributed by atoms with E-state index in [0.29, 0.717) is 40.1 Å². The SMILES string of the molecule is CCOc1cc(/C=C2/SC(=O)N(CC(=O)Nc3ccc(Cl)cc3)C2=O)ccc1OCC(=O)Nc1ccc(C)c(C)c1. The first-order chi connectivity index (χ1) is 19.6. The molecule has 1 aliphatic rings. The van der Waals surface area contributed by atoms with E-state index in [1.807, 2.05) is 39.0 Å². The Kier molecular flexibility index (Phi) is 9.69. The molecule has 1 aliphatic heterocycles. The molecule has 41 heavy (non-hydrogen) atoms. The lowest BCUT2D eigenvalue weighted by Crippen LogP contribution is -2.36. The first-order valence-corrected chi connectivity index (χ1v) is 13.9. The first kappa shape index (κ1) is 29.7. The van der Waals surface area contributed by atoms with Gasteiger partial charge in [-0.25, -0.2) is 0 Å². The van der Waals surface area contributed by atoms with Crippen molar-refractivity contribution in [2.45, 2.75) is 20.8 Å². The van der Waals surface area contributed by atoms with Gasteiger partial charge in [0.05, 0.1) is 11.5 Å². The molecule has 3 aromatic carbocycles. The Morgan fingerprint density at radius 2 is 1.59 bits per heavy atom. The summed E-state index contributed by atoms with van der Waals surface area (Å²) in [6.07, 6.45) is 1.54. The van der Waals surface area contributed by atoms with Crippen LogP contribution in [0.5, 0.6) is 11.5 Å². The predicted octanol–water partition coefficient (Wildman–Crippen LogP) is 6.05. The summed E-state index contributed by atoms with van der Waals surface area (Å²) < 4.78 is 11.4. The third kappa shape index (κ3) is 7.90. The predicted molar refractivity (Wildman–Crippen MR) is 160 cm³/mol. The molecule has 0 spiro atoms. The molecule has 0 aromatic heterocycles. The lowest BCUT2D eigenvalue weighted by Gasteiger charge is -2.13. The molecule has 1 saturated heterocycles. The Bertz CT molecular complexity index is 1520. The number of anilines is 2. The topological polar surface area (TPSA) is 114 Å². The summed E-state index contributed by atoms with van der Waals surface area (Å²) in [6, 6.07) is 17.1. The van der Waals surface area contributed by atoms with E-state index in [1.54, 1.807) is 48.5 Å². The zero-order valence-corrected chi connectivity index (χ0v) is 24.2. The maximum atomic E-state index is 12.9. The summed E-state index contributed by atoms with van der Waals surface area (Å²) in [7, 11) is 0. The summed E-state index contributed by atoms with van der Waals surface area (Å²) >= 11 is 6.60. The molecule has 4 amide bonds.